The van der Waals surface area contributed by atoms with Crippen molar-refractivity contribution in [1.82, 2.24) is 10.6 Å². The number of nitrogens with one attached hydrogen (secondary N) is 2. The van der Waals surface area contributed by atoms with Crippen molar-refractivity contribution in [2.75, 3.05) is 6.54 Å². The molecule has 2 amide bonds. The lowest BCUT2D eigenvalue weighted by Crippen LogP contribution is -2.51. The van der Waals surface area contributed by atoms with Crippen molar-refractivity contribution in [2.45, 2.75) is 64.1 Å². The van der Waals surface area contributed by atoms with Gasteiger partial charge < -0.3 is 10.6 Å². The van der Waals surface area contributed by atoms with Crippen molar-refractivity contribution >= 4 is 46.6 Å². The van der Waals surface area contributed by atoms with E-state index in [0.717, 1.165) is 0 Å². The van der Waals surface area contributed by atoms with Crippen LogP contribution in [0.25, 0.3) is 0 Å². The number of benzene rings is 2. The van der Waals surface area contributed by atoms with Crippen LogP contribution in [0.2, 0.25) is 10.0 Å². The molecular formula is C29H31Cl2F5N2O4. The second-order valence-corrected chi connectivity index (χ2v) is 11.0. The molecule has 0 saturated carbocycles. The molecule has 0 spiro atoms. The molecule has 13 heteroatoms. The number of carbonyl (C=O) groups is 4. The standard InChI is InChI=1S/C29H31Cl2F5N2O4/c1-17(2)20(26(41)29(35,36)27(42)37-13-12-28(32,33)34)16-24(39)23(15-18-6-4-3-5-7-18)38-25(40)11-9-19-8-10-21(30)22(31)14-19/h3-8,10,14,17,20,23H,9,11-13,15-16H2,1-2H3,(H,37,42)(H,38,40)/t20-,23-/m0/s1. The van der Waals surface area contributed by atoms with E-state index in [2.05, 4.69) is 5.32 Å². The van der Waals surface area contributed by atoms with Gasteiger partial charge in [-0.1, -0.05) is 73.4 Å². The maximum atomic E-state index is 14.7. The van der Waals surface area contributed by atoms with Gasteiger partial charge in [-0.05, 0) is 42.0 Å². The molecule has 2 N–H and O–H groups in total. The summed E-state index contributed by atoms with van der Waals surface area (Å²) in [5, 5.41) is 4.70. The highest BCUT2D eigenvalue weighted by atomic mass is 35.5. The minimum Gasteiger partial charge on any atom is -0.350 e. The normalized spacial score (nSPS) is 13.4. The Labute approximate surface area is 250 Å². The highest BCUT2D eigenvalue weighted by Crippen LogP contribution is 2.29. The van der Waals surface area contributed by atoms with Gasteiger partial charge in [0.15, 0.2) is 5.78 Å². The van der Waals surface area contributed by atoms with Gasteiger partial charge in [-0.15, -0.1) is 0 Å². The Morgan fingerprint density at radius 1 is 0.881 bits per heavy atom. The summed E-state index contributed by atoms with van der Waals surface area (Å²) in [6.45, 7) is 1.66. The summed E-state index contributed by atoms with van der Waals surface area (Å²) < 4.78 is 66.5. The molecule has 0 saturated heterocycles. The Balaban J connectivity index is 2.17. The third-order valence-electron chi connectivity index (χ3n) is 6.48. The lowest BCUT2D eigenvalue weighted by Gasteiger charge is -2.26. The minimum absolute atomic E-state index is 0.00547. The van der Waals surface area contributed by atoms with Crippen LogP contribution in [0.3, 0.4) is 0 Å². The van der Waals surface area contributed by atoms with Crippen molar-refractivity contribution in [3.63, 3.8) is 0 Å². The highest BCUT2D eigenvalue weighted by Gasteiger charge is 2.51. The lowest BCUT2D eigenvalue weighted by molar-refractivity contribution is -0.163. The number of Topliss-reactive ketones (excluding diaryl/α,β-unsaturated/α-hetero) is 2. The minimum atomic E-state index is -4.69. The Bertz CT molecular complexity index is 1260. The first-order valence-corrected chi connectivity index (χ1v) is 13.8. The van der Waals surface area contributed by atoms with Crippen LogP contribution < -0.4 is 10.6 Å². The fourth-order valence-electron chi connectivity index (χ4n) is 4.08. The van der Waals surface area contributed by atoms with Crippen LogP contribution in [0, 0.1) is 11.8 Å². The van der Waals surface area contributed by atoms with Crippen molar-refractivity contribution in [3.05, 3.63) is 69.7 Å². The van der Waals surface area contributed by atoms with E-state index in [1.54, 1.807) is 48.5 Å². The predicted octanol–water partition coefficient (Wildman–Crippen LogP) is 6.16. The van der Waals surface area contributed by atoms with E-state index in [4.69, 9.17) is 23.2 Å². The molecule has 2 atom stereocenters. The Morgan fingerprint density at radius 2 is 1.52 bits per heavy atom. The monoisotopic (exact) mass is 636 g/mol. The van der Waals surface area contributed by atoms with Crippen LogP contribution in [-0.4, -0.2) is 48.1 Å². The topological polar surface area (TPSA) is 92.3 Å². The number of halogens is 7. The molecule has 2 rings (SSSR count). The molecule has 0 aliphatic rings. The average molecular weight is 637 g/mol. The molecule has 0 fully saturated rings. The molecule has 230 valence electrons. The van der Waals surface area contributed by atoms with Gasteiger partial charge in [0.05, 0.1) is 22.5 Å². The molecule has 0 bridgehead atoms. The Hall–Kier alpha value is -3.05. The molecule has 42 heavy (non-hydrogen) atoms. The predicted molar refractivity (Wildman–Crippen MR) is 148 cm³/mol. The molecule has 0 radical (unpaired) electrons. The van der Waals surface area contributed by atoms with E-state index < -0.39 is 72.7 Å². The van der Waals surface area contributed by atoms with E-state index in [1.807, 2.05) is 0 Å². The van der Waals surface area contributed by atoms with E-state index in [9.17, 15) is 41.1 Å². The fourth-order valence-corrected chi connectivity index (χ4v) is 4.40. The maximum absolute atomic E-state index is 14.7. The zero-order valence-electron chi connectivity index (χ0n) is 22.9. The zero-order valence-corrected chi connectivity index (χ0v) is 24.4. The number of amides is 2. The zero-order chi connectivity index (χ0) is 31.7. The van der Waals surface area contributed by atoms with Crippen LogP contribution in [0.4, 0.5) is 22.0 Å². The third-order valence-corrected chi connectivity index (χ3v) is 7.22. The van der Waals surface area contributed by atoms with Gasteiger partial charge in [0.2, 0.25) is 11.7 Å². The van der Waals surface area contributed by atoms with Crippen LogP contribution in [0.5, 0.6) is 0 Å². The molecule has 6 nitrogen and oxygen atoms in total. The van der Waals surface area contributed by atoms with Crippen molar-refractivity contribution in [2.24, 2.45) is 11.8 Å². The summed E-state index contributed by atoms with van der Waals surface area (Å²) in [7, 11) is 0. The maximum Gasteiger partial charge on any atom is 0.390 e. The van der Waals surface area contributed by atoms with Gasteiger partial charge in [-0.2, -0.15) is 22.0 Å². The number of aryl methyl sites for hydroxylation is 1. The summed E-state index contributed by atoms with van der Waals surface area (Å²) in [4.78, 5) is 50.9. The third kappa shape index (κ3) is 11.0. The van der Waals surface area contributed by atoms with Gasteiger partial charge in [-0.3, -0.25) is 19.2 Å². The van der Waals surface area contributed by atoms with Gasteiger partial charge in [0, 0.05) is 25.3 Å². The quantitative estimate of drug-likeness (QED) is 0.181. The number of ketones is 2. The number of rotatable bonds is 15. The first-order chi connectivity index (χ1) is 19.5. The van der Waals surface area contributed by atoms with Gasteiger partial charge in [0.25, 0.3) is 5.91 Å². The van der Waals surface area contributed by atoms with Crippen molar-refractivity contribution < 1.29 is 41.1 Å². The number of alkyl halides is 5. The average Bonchev–Trinajstić information content (AvgIpc) is 2.91. The van der Waals surface area contributed by atoms with E-state index in [1.165, 1.54) is 19.2 Å². The summed E-state index contributed by atoms with van der Waals surface area (Å²) in [6, 6.07) is 12.2. The molecule has 0 unspecified atom stereocenters. The summed E-state index contributed by atoms with van der Waals surface area (Å²) in [5.74, 6) is -12.4. The summed E-state index contributed by atoms with van der Waals surface area (Å²) >= 11 is 11.9. The van der Waals surface area contributed by atoms with Crippen LogP contribution in [0.1, 0.15) is 44.2 Å². The lowest BCUT2D eigenvalue weighted by atomic mass is 9.82. The summed E-state index contributed by atoms with van der Waals surface area (Å²) in [5.41, 5.74) is 1.37. The largest absolute Gasteiger partial charge is 0.390 e. The molecule has 0 aromatic heterocycles. The van der Waals surface area contributed by atoms with E-state index in [-0.39, 0.29) is 19.3 Å². The van der Waals surface area contributed by atoms with E-state index >= 15 is 0 Å². The van der Waals surface area contributed by atoms with Gasteiger partial charge in [-0.25, -0.2) is 0 Å². The fraction of sp³-hybridized carbons (Fsp3) is 0.448. The van der Waals surface area contributed by atoms with Crippen LogP contribution in [-0.2, 0) is 32.0 Å². The second kappa shape index (κ2) is 15.4. The van der Waals surface area contributed by atoms with Gasteiger partial charge >= 0.3 is 12.1 Å². The molecular weight excluding hydrogens is 606 g/mol. The molecule has 2 aromatic carbocycles. The Morgan fingerprint density at radius 3 is 2.10 bits per heavy atom. The summed E-state index contributed by atoms with van der Waals surface area (Å²) in [6.07, 6.45) is -6.75. The van der Waals surface area contributed by atoms with Crippen LogP contribution in [0.15, 0.2) is 48.5 Å². The number of hydrogen-bond donors (Lipinski definition) is 2. The Kier molecular flexibility index (Phi) is 12.9. The SMILES string of the molecule is CC(C)[C@H](CC(=O)[C@H](Cc1ccccc1)NC(=O)CCc1ccc(Cl)c(Cl)c1)C(=O)C(F)(F)C(=O)NCCC(F)(F)F. The van der Waals surface area contributed by atoms with Crippen molar-refractivity contribution in [1.29, 1.82) is 0 Å². The first-order valence-electron chi connectivity index (χ1n) is 13.1. The smallest absolute Gasteiger partial charge is 0.350 e. The van der Waals surface area contributed by atoms with Crippen molar-refractivity contribution in [3.8, 4) is 0 Å². The second-order valence-electron chi connectivity index (χ2n) is 10.1. The number of carbonyl (C=O) groups excluding carboxylic acids is 4. The molecule has 0 heterocycles. The van der Waals surface area contributed by atoms with Crippen LogP contribution >= 0.6 is 23.2 Å². The van der Waals surface area contributed by atoms with Gasteiger partial charge in [0.1, 0.15) is 0 Å². The molecule has 0 aliphatic heterocycles. The molecule has 0 aliphatic carbocycles. The highest BCUT2D eigenvalue weighted by molar-refractivity contribution is 6.42. The molecule has 2 aromatic rings. The van der Waals surface area contributed by atoms with E-state index in [0.29, 0.717) is 21.2 Å². The number of hydrogen-bond acceptors (Lipinski definition) is 4. The first kappa shape index (κ1) is 35.1.